The van der Waals surface area contributed by atoms with Crippen LogP contribution in [0.4, 0.5) is 0 Å². The Morgan fingerprint density at radius 1 is 0.964 bits per heavy atom. The summed E-state index contributed by atoms with van der Waals surface area (Å²) >= 11 is 0. The van der Waals surface area contributed by atoms with Crippen LogP contribution >= 0.6 is 0 Å². The molecule has 1 N–H and O–H groups in total. The van der Waals surface area contributed by atoms with Gasteiger partial charge in [-0.1, -0.05) is 30.3 Å². The van der Waals surface area contributed by atoms with Crippen molar-refractivity contribution in [1.29, 1.82) is 0 Å². The minimum absolute atomic E-state index is 0.0466. The molecule has 0 spiro atoms. The van der Waals surface area contributed by atoms with E-state index in [0.29, 0.717) is 17.2 Å². The van der Waals surface area contributed by atoms with Crippen molar-refractivity contribution in [1.82, 2.24) is 5.32 Å². The number of nitrogens with one attached hydrogen (secondary N) is 1. The monoisotopic (exact) mass is 379 g/mol. The predicted octanol–water partition coefficient (Wildman–Crippen LogP) is 4.42. The first-order chi connectivity index (χ1) is 13.5. The van der Waals surface area contributed by atoms with E-state index < -0.39 is 0 Å². The van der Waals surface area contributed by atoms with Gasteiger partial charge in [-0.25, -0.2) is 0 Å². The van der Waals surface area contributed by atoms with Crippen LogP contribution in [0, 0.1) is 6.92 Å². The fourth-order valence-corrected chi connectivity index (χ4v) is 3.23. The second kappa shape index (κ2) is 8.65. The molecular weight excluding hydrogens is 354 g/mol. The summed E-state index contributed by atoms with van der Waals surface area (Å²) in [6.45, 7) is 3.86. The van der Waals surface area contributed by atoms with Crippen LogP contribution in [0.5, 0.6) is 17.2 Å². The van der Waals surface area contributed by atoms with Crippen LogP contribution < -0.4 is 19.5 Å². The van der Waals surface area contributed by atoms with Crippen LogP contribution in [0.2, 0.25) is 0 Å². The molecule has 0 aliphatic rings. The first kappa shape index (κ1) is 19.5. The Labute approximate surface area is 165 Å². The quantitative estimate of drug-likeness (QED) is 0.660. The van der Waals surface area contributed by atoms with Gasteiger partial charge in [-0.3, -0.25) is 4.79 Å². The number of hydrogen-bond acceptors (Lipinski definition) is 4. The van der Waals surface area contributed by atoms with Gasteiger partial charge in [0.25, 0.3) is 5.91 Å². The molecule has 146 valence electrons. The van der Waals surface area contributed by atoms with E-state index in [0.717, 1.165) is 21.9 Å². The summed E-state index contributed by atoms with van der Waals surface area (Å²) in [5.41, 5.74) is 1.98. The van der Waals surface area contributed by atoms with Gasteiger partial charge < -0.3 is 19.5 Å². The van der Waals surface area contributed by atoms with E-state index in [9.17, 15) is 4.79 Å². The average Bonchev–Trinajstić information content (AvgIpc) is 2.71. The Balaban J connectivity index is 1.64. The molecule has 5 heteroatoms. The molecular formula is C23H25NO4. The Bertz CT molecular complexity index is 983. The van der Waals surface area contributed by atoms with Crippen molar-refractivity contribution in [3.8, 4) is 17.2 Å². The standard InChI is InChI=1S/C23H25NO4/c1-15-11-21(26-3)22(27-4)13-20(15)16(2)24-23(25)14-28-19-10-9-17-7-5-6-8-18(17)12-19/h5-13,16H,14H2,1-4H3,(H,24,25). The summed E-state index contributed by atoms with van der Waals surface area (Å²) < 4.78 is 16.4. The zero-order valence-corrected chi connectivity index (χ0v) is 16.6. The smallest absolute Gasteiger partial charge is 0.258 e. The number of hydrogen-bond donors (Lipinski definition) is 1. The van der Waals surface area contributed by atoms with Crippen LogP contribution in [0.3, 0.4) is 0 Å². The molecule has 0 aliphatic carbocycles. The number of amides is 1. The van der Waals surface area contributed by atoms with Crippen molar-refractivity contribution in [2.24, 2.45) is 0 Å². The Hall–Kier alpha value is -3.21. The molecule has 5 nitrogen and oxygen atoms in total. The number of carbonyl (C=O) groups is 1. The van der Waals surface area contributed by atoms with E-state index in [1.807, 2.05) is 68.4 Å². The molecule has 0 fully saturated rings. The highest BCUT2D eigenvalue weighted by Gasteiger charge is 2.16. The van der Waals surface area contributed by atoms with Gasteiger partial charge in [0.2, 0.25) is 0 Å². The maximum atomic E-state index is 12.4. The van der Waals surface area contributed by atoms with Gasteiger partial charge in [-0.05, 0) is 60.0 Å². The number of aryl methyl sites for hydroxylation is 1. The van der Waals surface area contributed by atoms with E-state index in [2.05, 4.69) is 5.32 Å². The lowest BCUT2D eigenvalue weighted by Crippen LogP contribution is -2.31. The molecule has 0 saturated heterocycles. The van der Waals surface area contributed by atoms with Crippen LogP contribution in [0.1, 0.15) is 24.1 Å². The van der Waals surface area contributed by atoms with Crippen LogP contribution in [0.15, 0.2) is 54.6 Å². The molecule has 3 aromatic carbocycles. The third-order valence-electron chi connectivity index (χ3n) is 4.71. The van der Waals surface area contributed by atoms with E-state index in [1.54, 1.807) is 14.2 Å². The largest absolute Gasteiger partial charge is 0.493 e. The lowest BCUT2D eigenvalue weighted by atomic mass is 10.0. The number of ether oxygens (including phenoxy) is 3. The van der Waals surface area contributed by atoms with Crippen molar-refractivity contribution >= 4 is 16.7 Å². The van der Waals surface area contributed by atoms with Crippen LogP contribution in [0.25, 0.3) is 10.8 Å². The highest BCUT2D eigenvalue weighted by atomic mass is 16.5. The molecule has 1 atom stereocenters. The lowest BCUT2D eigenvalue weighted by Gasteiger charge is -2.19. The zero-order chi connectivity index (χ0) is 20.1. The summed E-state index contributed by atoms with van der Waals surface area (Å²) in [5, 5.41) is 5.19. The van der Waals surface area contributed by atoms with Gasteiger partial charge in [-0.15, -0.1) is 0 Å². The van der Waals surface area contributed by atoms with E-state index in [-0.39, 0.29) is 18.6 Å². The molecule has 3 aromatic rings. The van der Waals surface area contributed by atoms with Crippen molar-refractivity contribution < 1.29 is 19.0 Å². The molecule has 28 heavy (non-hydrogen) atoms. The maximum absolute atomic E-state index is 12.4. The number of rotatable bonds is 7. The Morgan fingerprint density at radius 2 is 1.64 bits per heavy atom. The van der Waals surface area contributed by atoms with Crippen molar-refractivity contribution in [3.05, 3.63) is 65.7 Å². The van der Waals surface area contributed by atoms with Gasteiger partial charge in [-0.2, -0.15) is 0 Å². The molecule has 1 amide bonds. The summed E-state index contributed by atoms with van der Waals surface area (Å²) in [5.74, 6) is 1.79. The van der Waals surface area contributed by atoms with Gasteiger partial charge in [0.05, 0.1) is 20.3 Å². The fourth-order valence-electron chi connectivity index (χ4n) is 3.23. The molecule has 0 radical (unpaired) electrons. The van der Waals surface area contributed by atoms with E-state index in [4.69, 9.17) is 14.2 Å². The Kier molecular flexibility index (Phi) is 6.04. The molecule has 0 aliphatic heterocycles. The second-order valence-electron chi connectivity index (χ2n) is 6.65. The zero-order valence-electron chi connectivity index (χ0n) is 16.6. The summed E-state index contributed by atoms with van der Waals surface area (Å²) in [6, 6.07) is 17.4. The molecule has 1 unspecified atom stereocenters. The Morgan fingerprint density at radius 3 is 2.36 bits per heavy atom. The second-order valence-corrected chi connectivity index (χ2v) is 6.65. The third kappa shape index (κ3) is 4.36. The van der Waals surface area contributed by atoms with Gasteiger partial charge in [0, 0.05) is 0 Å². The molecule has 0 aromatic heterocycles. The highest BCUT2D eigenvalue weighted by molar-refractivity contribution is 5.84. The van der Waals surface area contributed by atoms with Gasteiger partial charge in [0.1, 0.15) is 5.75 Å². The third-order valence-corrected chi connectivity index (χ3v) is 4.71. The molecule has 3 rings (SSSR count). The van der Waals surface area contributed by atoms with Gasteiger partial charge in [0.15, 0.2) is 18.1 Å². The number of benzene rings is 3. The topological polar surface area (TPSA) is 56.8 Å². The lowest BCUT2D eigenvalue weighted by molar-refractivity contribution is -0.123. The molecule has 0 bridgehead atoms. The van der Waals surface area contributed by atoms with E-state index in [1.165, 1.54) is 0 Å². The van der Waals surface area contributed by atoms with Crippen LogP contribution in [-0.4, -0.2) is 26.7 Å². The SMILES string of the molecule is COc1cc(C)c(C(C)NC(=O)COc2ccc3ccccc3c2)cc1OC. The fraction of sp³-hybridized carbons (Fsp3) is 0.261. The number of carbonyl (C=O) groups excluding carboxylic acids is 1. The van der Waals surface area contributed by atoms with Crippen molar-refractivity contribution in [2.45, 2.75) is 19.9 Å². The summed E-state index contributed by atoms with van der Waals surface area (Å²) in [4.78, 5) is 12.4. The summed E-state index contributed by atoms with van der Waals surface area (Å²) in [7, 11) is 3.20. The maximum Gasteiger partial charge on any atom is 0.258 e. The molecule has 0 saturated carbocycles. The van der Waals surface area contributed by atoms with E-state index >= 15 is 0 Å². The average molecular weight is 379 g/mol. The summed E-state index contributed by atoms with van der Waals surface area (Å²) in [6.07, 6.45) is 0. The highest BCUT2D eigenvalue weighted by Crippen LogP contribution is 2.32. The molecule has 0 heterocycles. The number of fused-ring (bicyclic) bond motifs is 1. The van der Waals surface area contributed by atoms with Crippen molar-refractivity contribution in [2.75, 3.05) is 20.8 Å². The first-order valence-corrected chi connectivity index (χ1v) is 9.15. The predicted molar refractivity (Wildman–Crippen MR) is 110 cm³/mol. The number of methoxy groups -OCH3 is 2. The minimum Gasteiger partial charge on any atom is -0.493 e. The van der Waals surface area contributed by atoms with Gasteiger partial charge >= 0.3 is 0 Å². The first-order valence-electron chi connectivity index (χ1n) is 9.15. The van der Waals surface area contributed by atoms with Crippen LogP contribution in [-0.2, 0) is 4.79 Å². The minimum atomic E-state index is -0.187. The van der Waals surface area contributed by atoms with Crippen molar-refractivity contribution in [3.63, 3.8) is 0 Å². The normalized spacial score (nSPS) is 11.7.